The highest BCUT2D eigenvalue weighted by molar-refractivity contribution is 6.14. The molecule has 0 saturated carbocycles. The van der Waals surface area contributed by atoms with Crippen LogP contribution < -0.4 is 11.2 Å². The van der Waals surface area contributed by atoms with Crippen LogP contribution in [0, 0.1) is 0 Å². The van der Waals surface area contributed by atoms with Crippen LogP contribution in [0.25, 0.3) is 93.6 Å². The molecular weight excluding hydrogens is 755 g/mol. The molecule has 296 valence electrons. The Morgan fingerprint density at radius 3 is 1.63 bits per heavy atom. The van der Waals surface area contributed by atoms with Crippen LogP contribution in [-0.2, 0) is 0 Å². The number of allylic oxidation sites excluding steroid dienone is 2. The lowest BCUT2D eigenvalue weighted by Gasteiger charge is -2.19. The number of benzene rings is 8. The number of nitrogens with two attached hydrogens (primary N) is 1. The number of hydrogen-bond donors (Lipinski definition) is 2. The Morgan fingerprint density at radius 2 is 0.968 bits per heavy atom. The molecule has 0 fully saturated rings. The molecule has 1 atom stereocenters. The fraction of sp³-hybridized carbons (Fsp3) is 0.0526. The van der Waals surface area contributed by atoms with E-state index in [1.807, 2.05) is 0 Å². The van der Waals surface area contributed by atoms with Crippen molar-refractivity contribution in [3.8, 4) is 22.5 Å². The minimum Gasteiger partial charge on any atom is -0.321 e. The Labute approximate surface area is 359 Å². The molecule has 8 aromatic carbocycles. The van der Waals surface area contributed by atoms with Crippen molar-refractivity contribution in [2.24, 2.45) is 5.73 Å². The van der Waals surface area contributed by atoms with Crippen LogP contribution in [0.5, 0.6) is 0 Å². The summed E-state index contributed by atoms with van der Waals surface area (Å²) in [5, 5.41) is 7.31. The van der Waals surface area contributed by atoms with Crippen LogP contribution in [-0.4, -0.2) is 19.9 Å². The van der Waals surface area contributed by atoms with Gasteiger partial charge < -0.3 is 14.9 Å². The molecule has 0 spiro atoms. The monoisotopic (exact) mass is 797 g/mol. The van der Waals surface area contributed by atoms with Crippen LogP contribution in [0.2, 0.25) is 0 Å². The van der Waals surface area contributed by atoms with Gasteiger partial charge >= 0.3 is 0 Å². The van der Waals surface area contributed by atoms with E-state index in [1.54, 1.807) is 0 Å². The molecule has 0 amide bonds. The molecule has 5 nitrogen and oxygen atoms in total. The highest BCUT2D eigenvalue weighted by atomic mass is 15.4. The average molecular weight is 798 g/mol. The summed E-state index contributed by atoms with van der Waals surface area (Å²) in [7, 11) is 0. The smallest absolute Gasteiger partial charge is 0.0710 e. The lowest BCUT2D eigenvalue weighted by atomic mass is 9.99. The SMILES string of the molecule is NC(/C=C(\Nn1c2ccccc2c2cc(-c3ccc4c(c3)c3ccccc3n4-c3ccc4c(c3)c3ccccc3n4-c3ccccc3)ccc21)c1ccccc1)C1=CCCC=C1. The summed E-state index contributed by atoms with van der Waals surface area (Å²) in [5.74, 6) is 0. The van der Waals surface area contributed by atoms with Gasteiger partial charge in [0, 0.05) is 43.7 Å². The summed E-state index contributed by atoms with van der Waals surface area (Å²) in [6, 6.07) is 67.8. The molecule has 3 N–H and O–H groups in total. The van der Waals surface area contributed by atoms with Gasteiger partial charge in [0.1, 0.15) is 0 Å². The van der Waals surface area contributed by atoms with E-state index in [-0.39, 0.29) is 6.04 Å². The maximum Gasteiger partial charge on any atom is 0.0710 e. The van der Waals surface area contributed by atoms with Gasteiger partial charge in [-0.2, -0.15) is 0 Å². The minimum absolute atomic E-state index is 0.237. The Bertz CT molecular complexity index is 3620. The second kappa shape index (κ2) is 14.7. The fourth-order valence-electron chi connectivity index (χ4n) is 9.75. The van der Waals surface area contributed by atoms with Crippen LogP contribution in [0.4, 0.5) is 0 Å². The lowest BCUT2D eigenvalue weighted by molar-refractivity contribution is 0.920. The first-order chi connectivity index (χ1) is 30.7. The van der Waals surface area contributed by atoms with E-state index in [1.165, 1.54) is 65.5 Å². The van der Waals surface area contributed by atoms with Gasteiger partial charge in [0.25, 0.3) is 0 Å². The Balaban J connectivity index is 0.972. The summed E-state index contributed by atoms with van der Waals surface area (Å²) in [6.07, 6.45) is 10.9. The molecule has 0 saturated heterocycles. The normalized spacial score (nSPS) is 13.8. The molecule has 0 bridgehead atoms. The molecule has 1 aliphatic carbocycles. The molecule has 12 rings (SSSR count). The van der Waals surface area contributed by atoms with Gasteiger partial charge in [0.05, 0.1) is 44.8 Å². The standard InChI is InChI=1S/C57H43N5/c58-50(38-16-4-1-5-17-38)37-51(39-18-6-2-7-19-39)59-62-56-27-15-12-24-46(56)48-35-41(29-32-57(48)62)40-28-31-54-47(34-40)44-22-10-14-26-53(44)61(54)43-30-33-55-49(36-43)45-23-11-13-25-52(45)60(55)42-20-8-3-9-21-42/h2-4,6-37,50,59H,1,5,58H2/b51-37-. The van der Waals surface area contributed by atoms with Crippen molar-refractivity contribution < 1.29 is 0 Å². The second-order valence-electron chi connectivity index (χ2n) is 16.3. The van der Waals surface area contributed by atoms with Crippen LogP contribution in [0.3, 0.4) is 0 Å². The van der Waals surface area contributed by atoms with Crippen molar-refractivity contribution in [2.75, 3.05) is 5.43 Å². The van der Waals surface area contributed by atoms with Gasteiger partial charge in [0.15, 0.2) is 0 Å². The third kappa shape index (κ3) is 5.89. The minimum atomic E-state index is -0.237. The van der Waals surface area contributed by atoms with Gasteiger partial charge in [-0.1, -0.05) is 133 Å². The molecule has 1 aliphatic rings. The third-order valence-electron chi connectivity index (χ3n) is 12.7. The van der Waals surface area contributed by atoms with E-state index in [2.05, 4.69) is 232 Å². The van der Waals surface area contributed by atoms with E-state index < -0.39 is 0 Å². The van der Waals surface area contributed by atoms with Crippen LogP contribution >= 0.6 is 0 Å². The second-order valence-corrected chi connectivity index (χ2v) is 16.3. The summed E-state index contributed by atoms with van der Waals surface area (Å²) >= 11 is 0. The molecule has 3 heterocycles. The van der Waals surface area contributed by atoms with Gasteiger partial charge in [-0.05, 0) is 114 Å². The topological polar surface area (TPSA) is 52.8 Å². The summed E-state index contributed by atoms with van der Waals surface area (Å²) in [4.78, 5) is 0. The molecule has 5 heteroatoms. The Hall–Kier alpha value is -7.86. The number of nitrogens with one attached hydrogen (secondary N) is 1. The number of hydrogen-bond acceptors (Lipinski definition) is 2. The van der Waals surface area contributed by atoms with E-state index in [0.29, 0.717) is 0 Å². The molecule has 0 aliphatic heterocycles. The molecule has 62 heavy (non-hydrogen) atoms. The van der Waals surface area contributed by atoms with E-state index in [9.17, 15) is 0 Å². The average Bonchev–Trinajstić information content (AvgIpc) is 3.97. The summed E-state index contributed by atoms with van der Waals surface area (Å²) in [5.41, 5.74) is 25.5. The van der Waals surface area contributed by atoms with Gasteiger partial charge in [0.2, 0.25) is 0 Å². The van der Waals surface area contributed by atoms with Crippen molar-refractivity contribution in [1.82, 2.24) is 13.8 Å². The van der Waals surface area contributed by atoms with Gasteiger partial charge in [-0.3, -0.25) is 10.1 Å². The highest BCUT2D eigenvalue weighted by Crippen LogP contribution is 2.39. The van der Waals surface area contributed by atoms with E-state index in [4.69, 9.17) is 5.73 Å². The Morgan fingerprint density at radius 1 is 0.468 bits per heavy atom. The largest absolute Gasteiger partial charge is 0.321 e. The van der Waals surface area contributed by atoms with Crippen LogP contribution in [0.1, 0.15) is 18.4 Å². The summed E-state index contributed by atoms with van der Waals surface area (Å²) in [6.45, 7) is 0. The zero-order valence-electron chi connectivity index (χ0n) is 34.1. The fourth-order valence-corrected chi connectivity index (χ4v) is 9.75. The molecular formula is C57H43N5. The number of para-hydroxylation sites is 4. The zero-order valence-corrected chi connectivity index (χ0v) is 34.1. The van der Waals surface area contributed by atoms with Crippen LogP contribution in [0.15, 0.2) is 218 Å². The van der Waals surface area contributed by atoms with Gasteiger partial charge in [-0.15, -0.1) is 0 Å². The molecule has 0 radical (unpaired) electrons. The van der Waals surface area contributed by atoms with Crippen molar-refractivity contribution in [2.45, 2.75) is 18.9 Å². The van der Waals surface area contributed by atoms with Gasteiger partial charge in [-0.25, -0.2) is 0 Å². The van der Waals surface area contributed by atoms with E-state index in [0.717, 1.165) is 52.1 Å². The Kier molecular flexibility index (Phi) is 8.54. The highest BCUT2D eigenvalue weighted by Gasteiger charge is 2.19. The predicted molar refractivity (Wildman–Crippen MR) is 262 cm³/mol. The quantitative estimate of drug-likeness (QED) is 0.161. The molecule has 11 aromatic rings. The number of aromatic nitrogens is 3. The maximum absolute atomic E-state index is 6.85. The van der Waals surface area contributed by atoms with Crippen molar-refractivity contribution in [3.05, 3.63) is 223 Å². The third-order valence-corrected chi connectivity index (χ3v) is 12.7. The van der Waals surface area contributed by atoms with Crippen molar-refractivity contribution in [1.29, 1.82) is 0 Å². The zero-order chi connectivity index (χ0) is 41.1. The first-order valence-electron chi connectivity index (χ1n) is 21.5. The number of fused-ring (bicyclic) bond motifs is 9. The molecule has 1 unspecified atom stereocenters. The predicted octanol–water partition coefficient (Wildman–Crippen LogP) is 13.8. The van der Waals surface area contributed by atoms with Crippen molar-refractivity contribution in [3.63, 3.8) is 0 Å². The summed E-state index contributed by atoms with van der Waals surface area (Å²) < 4.78 is 7.02. The maximum atomic E-state index is 6.85. The van der Waals surface area contributed by atoms with E-state index >= 15 is 0 Å². The molecule has 3 aromatic heterocycles. The number of rotatable bonds is 8. The lowest BCUT2D eigenvalue weighted by Crippen LogP contribution is -2.23. The number of nitrogens with zero attached hydrogens (tertiary/aromatic N) is 3. The first-order valence-corrected chi connectivity index (χ1v) is 21.5. The first kappa shape index (κ1) is 36.0. The van der Waals surface area contributed by atoms with Crippen molar-refractivity contribution >= 4 is 71.1 Å².